The highest BCUT2D eigenvalue weighted by molar-refractivity contribution is 5.91. The van der Waals surface area contributed by atoms with Crippen LogP contribution in [0.25, 0.3) is 0 Å². The van der Waals surface area contributed by atoms with Crippen LogP contribution in [0, 0.1) is 0 Å². The molecule has 0 saturated heterocycles. The number of esters is 1. The lowest BCUT2D eigenvalue weighted by molar-refractivity contribution is 0.00683. The van der Waals surface area contributed by atoms with Gasteiger partial charge >= 0.3 is 5.97 Å². The molecule has 0 bridgehead atoms. The first kappa shape index (κ1) is 12.7. The monoisotopic (exact) mass is 222 g/mol. The Kier molecular flexibility index (Phi) is 4.07. The normalized spacial score (nSPS) is 11.2. The first-order chi connectivity index (χ1) is 7.44. The third kappa shape index (κ3) is 3.66. The number of carbonyl (C=O) groups excluding carboxylic acids is 1. The summed E-state index contributed by atoms with van der Waals surface area (Å²) in [5, 5.41) is 8.91. The summed E-state index contributed by atoms with van der Waals surface area (Å²) >= 11 is 0. The zero-order valence-corrected chi connectivity index (χ0v) is 9.99. The predicted molar refractivity (Wildman–Crippen MR) is 62.4 cm³/mol. The molecule has 3 heteroatoms. The number of hydrogen-bond donors (Lipinski definition) is 1. The summed E-state index contributed by atoms with van der Waals surface area (Å²) in [7, 11) is 0. The quantitative estimate of drug-likeness (QED) is 0.797. The summed E-state index contributed by atoms with van der Waals surface area (Å²) in [5.41, 5.74) is 0.856. The number of rotatable bonds is 3. The fourth-order valence-corrected chi connectivity index (χ4v) is 1.39. The molecule has 0 aliphatic carbocycles. The smallest absolute Gasteiger partial charge is 0.338 e. The van der Waals surface area contributed by atoms with Gasteiger partial charge in [0.2, 0.25) is 0 Å². The summed E-state index contributed by atoms with van der Waals surface area (Å²) in [4.78, 5) is 11.9. The van der Waals surface area contributed by atoms with Gasteiger partial charge in [0.05, 0.1) is 5.56 Å². The Balaban J connectivity index is 2.90. The summed E-state index contributed by atoms with van der Waals surface area (Å²) in [6, 6.07) is 7.19. The van der Waals surface area contributed by atoms with Crippen molar-refractivity contribution in [2.24, 2.45) is 0 Å². The molecule has 0 atom stereocenters. The number of benzene rings is 1. The van der Waals surface area contributed by atoms with Gasteiger partial charge in [0.15, 0.2) is 0 Å². The van der Waals surface area contributed by atoms with Crippen LogP contribution in [-0.4, -0.2) is 23.3 Å². The zero-order valence-electron chi connectivity index (χ0n) is 9.99. The van der Waals surface area contributed by atoms with Crippen LogP contribution in [0.2, 0.25) is 0 Å². The molecule has 0 aliphatic rings. The number of hydrogen-bond acceptors (Lipinski definition) is 3. The van der Waals surface area contributed by atoms with Crippen LogP contribution in [0.15, 0.2) is 24.3 Å². The van der Waals surface area contributed by atoms with Crippen LogP contribution in [-0.2, 0) is 11.2 Å². The summed E-state index contributed by atoms with van der Waals surface area (Å²) in [5.74, 6) is -0.337. The molecule has 1 rings (SSSR count). The first-order valence-electron chi connectivity index (χ1n) is 5.36. The minimum Gasteiger partial charge on any atom is -0.456 e. The van der Waals surface area contributed by atoms with Crippen LogP contribution < -0.4 is 0 Å². The van der Waals surface area contributed by atoms with E-state index in [4.69, 9.17) is 9.84 Å². The minimum absolute atomic E-state index is 0.0276. The molecule has 1 aromatic carbocycles. The van der Waals surface area contributed by atoms with Crippen LogP contribution in [0.3, 0.4) is 0 Å². The fourth-order valence-electron chi connectivity index (χ4n) is 1.39. The second kappa shape index (κ2) is 5.12. The maximum absolute atomic E-state index is 11.9. The van der Waals surface area contributed by atoms with E-state index < -0.39 is 5.60 Å². The Labute approximate surface area is 96.1 Å². The van der Waals surface area contributed by atoms with Crippen molar-refractivity contribution in [1.29, 1.82) is 0 Å². The number of carbonyl (C=O) groups is 1. The Morgan fingerprint density at radius 3 is 2.50 bits per heavy atom. The molecule has 0 saturated carbocycles. The molecule has 0 heterocycles. The SMILES string of the molecule is CC(C)(C)OC(=O)c1ccccc1CCO. The molecule has 1 N–H and O–H groups in total. The van der Waals surface area contributed by atoms with Crippen molar-refractivity contribution >= 4 is 5.97 Å². The van der Waals surface area contributed by atoms with Gasteiger partial charge in [-0.3, -0.25) is 0 Å². The molecule has 16 heavy (non-hydrogen) atoms. The molecule has 88 valence electrons. The van der Waals surface area contributed by atoms with E-state index in [1.165, 1.54) is 0 Å². The highest BCUT2D eigenvalue weighted by Crippen LogP contribution is 2.15. The molecule has 3 nitrogen and oxygen atoms in total. The highest BCUT2D eigenvalue weighted by atomic mass is 16.6. The predicted octanol–water partition coefficient (Wildman–Crippen LogP) is 2.18. The second-order valence-corrected chi connectivity index (χ2v) is 4.63. The number of aliphatic hydroxyl groups excluding tert-OH is 1. The van der Waals surface area contributed by atoms with E-state index in [1.807, 2.05) is 32.9 Å². The number of aliphatic hydroxyl groups is 1. The van der Waals surface area contributed by atoms with Crippen LogP contribution in [0.5, 0.6) is 0 Å². The van der Waals surface area contributed by atoms with Gasteiger partial charge in [-0.25, -0.2) is 4.79 Å². The van der Waals surface area contributed by atoms with E-state index in [2.05, 4.69) is 0 Å². The highest BCUT2D eigenvalue weighted by Gasteiger charge is 2.19. The molecule has 0 radical (unpaired) electrons. The van der Waals surface area contributed by atoms with Gasteiger partial charge in [-0.15, -0.1) is 0 Å². The standard InChI is InChI=1S/C13H18O3/c1-13(2,3)16-12(15)11-7-5-4-6-10(11)8-9-14/h4-7,14H,8-9H2,1-3H3. The Morgan fingerprint density at radius 1 is 1.31 bits per heavy atom. The van der Waals surface area contributed by atoms with Crippen molar-refractivity contribution in [1.82, 2.24) is 0 Å². The molecule has 0 aromatic heterocycles. The van der Waals surface area contributed by atoms with E-state index in [0.717, 1.165) is 5.56 Å². The molecule has 0 amide bonds. The van der Waals surface area contributed by atoms with Crippen molar-refractivity contribution in [2.75, 3.05) is 6.61 Å². The topological polar surface area (TPSA) is 46.5 Å². The van der Waals surface area contributed by atoms with E-state index in [-0.39, 0.29) is 12.6 Å². The van der Waals surface area contributed by atoms with Crippen molar-refractivity contribution in [3.05, 3.63) is 35.4 Å². The molecule has 0 aliphatic heterocycles. The molecular weight excluding hydrogens is 204 g/mol. The molecular formula is C13H18O3. The molecule has 0 unspecified atom stereocenters. The van der Waals surface area contributed by atoms with Crippen molar-refractivity contribution < 1.29 is 14.6 Å². The Morgan fingerprint density at radius 2 is 1.94 bits per heavy atom. The van der Waals surface area contributed by atoms with E-state index in [1.54, 1.807) is 12.1 Å². The van der Waals surface area contributed by atoms with E-state index in [0.29, 0.717) is 12.0 Å². The largest absolute Gasteiger partial charge is 0.456 e. The maximum Gasteiger partial charge on any atom is 0.338 e. The van der Waals surface area contributed by atoms with Gasteiger partial charge in [0.25, 0.3) is 0 Å². The molecule has 0 spiro atoms. The van der Waals surface area contributed by atoms with Gasteiger partial charge in [0.1, 0.15) is 5.60 Å². The van der Waals surface area contributed by atoms with Crippen molar-refractivity contribution in [2.45, 2.75) is 32.8 Å². The maximum atomic E-state index is 11.9. The van der Waals surface area contributed by atoms with Crippen LogP contribution in [0.4, 0.5) is 0 Å². The minimum atomic E-state index is -0.497. The van der Waals surface area contributed by atoms with Gasteiger partial charge in [-0.2, -0.15) is 0 Å². The van der Waals surface area contributed by atoms with Gasteiger partial charge in [0, 0.05) is 6.61 Å². The third-order valence-electron chi connectivity index (χ3n) is 2.02. The summed E-state index contributed by atoms with van der Waals surface area (Å²) in [6.07, 6.45) is 0.468. The molecule has 1 aromatic rings. The van der Waals surface area contributed by atoms with Gasteiger partial charge in [-0.1, -0.05) is 18.2 Å². The van der Waals surface area contributed by atoms with Crippen molar-refractivity contribution in [3.63, 3.8) is 0 Å². The lowest BCUT2D eigenvalue weighted by Crippen LogP contribution is -2.24. The summed E-state index contributed by atoms with van der Waals surface area (Å²) in [6.45, 7) is 5.53. The van der Waals surface area contributed by atoms with Gasteiger partial charge in [-0.05, 0) is 38.8 Å². The first-order valence-corrected chi connectivity index (χ1v) is 5.36. The average Bonchev–Trinajstić information content (AvgIpc) is 2.16. The van der Waals surface area contributed by atoms with Crippen LogP contribution >= 0.6 is 0 Å². The molecule has 0 fully saturated rings. The van der Waals surface area contributed by atoms with Crippen LogP contribution in [0.1, 0.15) is 36.7 Å². The van der Waals surface area contributed by atoms with E-state index >= 15 is 0 Å². The Bertz CT molecular complexity index is 364. The number of ether oxygens (including phenoxy) is 1. The zero-order chi connectivity index (χ0) is 12.2. The fraction of sp³-hybridized carbons (Fsp3) is 0.462. The second-order valence-electron chi connectivity index (χ2n) is 4.63. The Hall–Kier alpha value is -1.35. The van der Waals surface area contributed by atoms with Gasteiger partial charge < -0.3 is 9.84 Å². The summed E-state index contributed by atoms with van der Waals surface area (Å²) < 4.78 is 5.29. The van der Waals surface area contributed by atoms with E-state index in [9.17, 15) is 4.79 Å². The lowest BCUT2D eigenvalue weighted by atomic mass is 10.0. The third-order valence-corrected chi connectivity index (χ3v) is 2.02. The van der Waals surface area contributed by atoms with Crippen molar-refractivity contribution in [3.8, 4) is 0 Å². The average molecular weight is 222 g/mol. The lowest BCUT2D eigenvalue weighted by Gasteiger charge is -2.20.